The van der Waals surface area contributed by atoms with E-state index in [9.17, 15) is 0 Å². The molecule has 0 spiro atoms. The lowest BCUT2D eigenvalue weighted by Crippen LogP contribution is -2.30. The van der Waals surface area contributed by atoms with Crippen molar-refractivity contribution in [1.82, 2.24) is 4.90 Å². The van der Waals surface area contributed by atoms with Crippen molar-refractivity contribution in [3.8, 4) is 0 Å². The Bertz CT molecular complexity index is 724. The Morgan fingerprint density at radius 3 is 2.74 bits per heavy atom. The summed E-state index contributed by atoms with van der Waals surface area (Å²) in [6.07, 6.45) is 2.38. The standard InChI is InChI=1S/C21H24ClN/c1-15-8-9-17-18(20(15)22)10-11-21(2)14-23(13-19(17)21)12-16-6-4-3-5-7-16/h3-9,19H,10-14H2,1-2H3/t19-,21-/m0/s1. The van der Waals surface area contributed by atoms with Gasteiger partial charge in [-0.15, -0.1) is 0 Å². The molecule has 2 atom stereocenters. The fraction of sp³-hybridized carbons (Fsp3) is 0.429. The smallest absolute Gasteiger partial charge is 0.0470 e. The Balaban J connectivity index is 1.63. The molecule has 0 unspecified atom stereocenters. The fourth-order valence-corrected chi connectivity index (χ4v) is 4.86. The minimum Gasteiger partial charge on any atom is -0.298 e. The maximum Gasteiger partial charge on any atom is 0.0470 e. The highest BCUT2D eigenvalue weighted by Crippen LogP contribution is 2.51. The number of benzene rings is 2. The molecule has 120 valence electrons. The van der Waals surface area contributed by atoms with Crippen molar-refractivity contribution in [1.29, 1.82) is 0 Å². The third kappa shape index (κ3) is 2.60. The van der Waals surface area contributed by atoms with Crippen LogP contribution in [0.25, 0.3) is 0 Å². The number of hydrogen-bond acceptors (Lipinski definition) is 1. The van der Waals surface area contributed by atoms with Gasteiger partial charge in [-0.05, 0) is 47.4 Å². The number of hydrogen-bond donors (Lipinski definition) is 0. The van der Waals surface area contributed by atoms with Gasteiger partial charge in [0.25, 0.3) is 0 Å². The monoisotopic (exact) mass is 325 g/mol. The summed E-state index contributed by atoms with van der Waals surface area (Å²) in [6.45, 7) is 7.99. The van der Waals surface area contributed by atoms with Crippen LogP contribution in [0.2, 0.25) is 5.02 Å². The topological polar surface area (TPSA) is 3.24 Å². The molecule has 2 heteroatoms. The molecule has 0 bridgehead atoms. The minimum absolute atomic E-state index is 0.389. The van der Waals surface area contributed by atoms with Gasteiger partial charge in [-0.2, -0.15) is 0 Å². The summed E-state index contributed by atoms with van der Waals surface area (Å²) in [6, 6.07) is 15.4. The molecule has 2 aromatic carbocycles. The highest BCUT2D eigenvalue weighted by atomic mass is 35.5. The van der Waals surface area contributed by atoms with E-state index in [1.165, 1.54) is 35.2 Å². The first kappa shape index (κ1) is 15.2. The SMILES string of the molecule is Cc1ccc2c(c1Cl)CC[C@@]1(C)CN(Cc3ccccc3)C[C@@H]21. The van der Waals surface area contributed by atoms with Gasteiger partial charge in [-0.1, -0.05) is 61.0 Å². The molecule has 1 aliphatic heterocycles. The van der Waals surface area contributed by atoms with Gasteiger partial charge >= 0.3 is 0 Å². The molecule has 23 heavy (non-hydrogen) atoms. The van der Waals surface area contributed by atoms with E-state index in [-0.39, 0.29) is 0 Å². The summed E-state index contributed by atoms with van der Waals surface area (Å²) in [5.74, 6) is 0.619. The van der Waals surface area contributed by atoms with Crippen molar-refractivity contribution in [2.45, 2.75) is 39.2 Å². The van der Waals surface area contributed by atoms with E-state index in [4.69, 9.17) is 11.6 Å². The molecule has 0 N–H and O–H groups in total. The van der Waals surface area contributed by atoms with Gasteiger partial charge in [0.1, 0.15) is 0 Å². The second kappa shape index (κ2) is 5.65. The normalized spacial score (nSPS) is 26.8. The second-order valence-corrected chi connectivity index (χ2v) is 8.00. The van der Waals surface area contributed by atoms with E-state index >= 15 is 0 Å². The van der Waals surface area contributed by atoms with Crippen LogP contribution in [0.1, 0.15) is 41.5 Å². The third-order valence-electron chi connectivity index (χ3n) is 5.91. The van der Waals surface area contributed by atoms with Crippen LogP contribution >= 0.6 is 11.6 Å². The Morgan fingerprint density at radius 2 is 1.96 bits per heavy atom. The van der Waals surface area contributed by atoms with E-state index in [1.54, 1.807) is 0 Å². The number of rotatable bonds is 2. The maximum absolute atomic E-state index is 6.60. The molecule has 2 aromatic rings. The summed E-state index contributed by atoms with van der Waals surface area (Å²) in [5.41, 5.74) is 5.94. The molecule has 1 nitrogen and oxygen atoms in total. The maximum atomic E-state index is 6.60. The molecular weight excluding hydrogens is 302 g/mol. The van der Waals surface area contributed by atoms with Crippen molar-refractivity contribution in [3.05, 3.63) is 69.7 Å². The molecule has 0 radical (unpaired) electrons. The van der Waals surface area contributed by atoms with E-state index in [1.807, 2.05) is 0 Å². The van der Waals surface area contributed by atoms with E-state index in [0.29, 0.717) is 11.3 Å². The largest absolute Gasteiger partial charge is 0.298 e. The van der Waals surface area contributed by atoms with E-state index in [2.05, 4.69) is 61.2 Å². The summed E-state index contributed by atoms with van der Waals surface area (Å²) in [4.78, 5) is 2.63. The summed E-state index contributed by atoms with van der Waals surface area (Å²) in [7, 11) is 0. The van der Waals surface area contributed by atoms with Crippen LogP contribution in [0.4, 0.5) is 0 Å². The van der Waals surface area contributed by atoms with Gasteiger partial charge in [0.2, 0.25) is 0 Å². The number of aryl methyl sites for hydroxylation is 1. The highest BCUT2D eigenvalue weighted by molar-refractivity contribution is 6.32. The molecule has 1 heterocycles. The zero-order valence-corrected chi connectivity index (χ0v) is 14.7. The van der Waals surface area contributed by atoms with Crippen molar-refractivity contribution in [2.75, 3.05) is 13.1 Å². The van der Waals surface area contributed by atoms with Crippen molar-refractivity contribution >= 4 is 11.6 Å². The molecule has 0 saturated carbocycles. The van der Waals surface area contributed by atoms with Crippen LogP contribution in [0.3, 0.4) is 0 Å². The Hall–Kier alpha value is -1.31. The van der Waals surface area contributed by atoms with Crippen LogP contribution in [-0.4, -0.2) is 18.0 Å². The zero-order chi connectivity index (χ0) is 16.0. The molecule has 1 saturated heterocycles. The van der Waals surface area contributed by atoms with Crippen molar-refractivity contribution < 1.29 is 0 Å². The fourth-order valence-electron chi connectivity index (χ4n) is 4.60. The number of halogens is 1. The molecule has 4 rings (SSSR count). The average molecular weight is 326 g/mol. The highest BCUT2D eigenvalue weighted by Gasteiger charge is 2.46. The molecule has 2 aliphatic rings. The van der Waals surface area contributed by atoms with E-state index in [0.717, 1.165) is 24.5 Å². The Labute approximate surface area is 144 Å². The first-order valence-corrected chi connectivity index (χ1v) is 8.99. The van der Waals surface area contributed by atoms with Gasteiger partial charge < -0.3 is 0 Å². The molecule has 1 aliphatic carbocycles. The van der Waals surface area contributed by atoms with Crippen LogP contribution in [-0.2, 0) is 13.0 Å². The van der Waals surface area contributed by atoms with Crippen LogP contribution in [0, 0.1) is 12.3 Å². The lowest BCUT2D eigenvalue weighted by Gasteiger charge is -2.37. The van der Waals surface area contributed by atoms with Crippen LogP contribution in [0.5, 0.6) is 0 Å². The summed E-state index contributed by atoms with van der Waals surface area (Å²) >= 11 is 6.60. The molecule has 0 aromatic heterocycles. The lowest BCUT2D eigenvalue weighted by atomic mass is 9.67. The van der Waals surface area contributed by atoms with E-state index < -0.39 is 0 Å². The number of likely N-dealkylation sites (tertiary alicyclic amines) is 1. The predicted molar refractivity (Wildman–Crippen MR) is 97.1 cm³/mol. The number of nitrogens with zero attached hydrogens (tertiary/aromatic N) is 1. The lowest BCUT2D eigenvalue weighted by molar-refractivity contribution is 0.240. The van der Waals surface area contributed by atoms with Crippen LogP contribution in [0.15, 0.2) is 42.5 Å². The third-order valence-corrected chi connectivity index (χ3v) is 6.44. The average Bonchev–Trinajstić information content (AvgIpc) is 2.88. The second-order valence-electron chi connectivity index (χ2n) is 7.63. The predicted octanol–water partition coefficient (Wildman–Crippen LogP) is 5.20. The minimum atomic E-state index is 0.389. The van der Waals surface area contributed by atoms with Crippen molar-refractivity contribution in [3.63, 3.8) is 0 Å². The van der Waals surface area contributed by atoms with Gasteiger partial charge in [0.15, 0.2) is 0 Å². The van der Waals surface area contributed by atoms with Gasteiger partial charge in [-0.3, -0.25) is 4.90 Å². The molecule has 0 amide bonds. The summed E-state index contributed by atoms with van der Waals surface area (Å²) < 4.78 is 0. The zero-order valence-electron chi connectivity index (χ0n) is 14.0. The first-order chi connectivity index (χ1) is 11.1. The molecule has 1 fully saturated rings. The molecular formula is C21H24ClN. The van der Waals surface area contributed by atoms with Crippen molar-refractivity contribution in [2.24, 2.45) is 5.41 Å². The first-order valence-electron chi connectivity index (χ1n) is 8.61. The van der Waals surface area contributed by atoms with Gasteiger partial charge in [0.05, 0.1) is 0 Å². The van der Waals surface area contributed by atoms with Gasteiger partial charge in [0, 0.05) is 30.6 Å². The van der Waals surface area contributed by atoms with Gasteiger partial charge in [-0.25, -0.2) is 0 Å². The summed E-state index contributed by atoms with van der Waals surface area (Å²) in [5, 5.41) is 1.01. The van der Waals surface area contributed by atoms with Crippen LogP contribution < -0.4 is 0 Å². The Kier molecular flexibility index (Phi) is 3.74. The quantitative estimate of drug-likeness (QED) is 0.733. The number of fused-ring (bicyclic) bond motifs is 3. The Morgan fingerprint density at radius 1 is 1.17 bits per heavy atom.